The van der Waals surface area contributed by atoms with Gasteiger partial charge in [0.05, 0.1) is 0 Å². The highest BCUT2D eigenvalue weighted by atomic mass is 32.1. The van der Waals surface area contributed by atoms with E-state index >= 15 is 0 Å². The minimum atomic E-state index is 0.711. The molecule has 0 saturated carbocycles. The quantitative estimate of drug-likeness (QED) is 0.786. The molecule has 0 unspecified atom stereocenters. The van der Waals surface area contributed by atoms with E-state index in [1.54, 1.807) is 11.3 Å². The Hall–Kier alpha value is -1.26. The third-order valence-corrected chi connectivity index (χ3v) is 4.61. The van der Waals surface area contributed by atoms with Gasteiger partial charge in [0.25, 0.3) is 0 Å². The predicted octanol–water partition coefficient (Wildman–Crippen LogP) is 4.00. The molecule has 0 aliphatic carbocycles. The number of rotatable bonds is 7. The summed E-state index contributed by atoms with van der Waals surface area (Å²) in [6.45, 7) is 10.9. The summed E-state index contributed by atoms with van der Waals surface area (Å²) in [7, 11) is 0. The molecule has 1 N–H and O–H groups in total. The van der Waals surface area contributed by atoms with Crippen LogP contribution in [0.4, 0.5) is 0 Å². The maximum absolute atomic E-state index is 4.36. The van der Waals surface area contributed by atoms with Gasteiger partial charge in [-0.2, -0.15) is 0 Å². The van der Waals surface area contributed by atoms with E-state index < -0.39 is 0 Å². The molecule has 1 aromatic heterocycles. The van der Waals surface area contributed by atoms with E-state index in [1.807, 2.05) is 0 Å². The maximum atomic E-state index is 4.36. The van der Waals surface area contributed by atoms with Crippen molar-refractivity contribution >= 4 is 11.3 Å². The lowest BCUT2D eigenvalue weighted by molar-refractivity contribution is 0.542. The molecule has 3 nitrogen and oxygen atoms in total. The minimum absolute atomic E-state index is 0.711. The van der Waals surface area contributed by atoms with Crippen molar-refractivity contribution in [2.75, 3.05) is 13.1 Å². The molecular weight excluding hydrogens is 278 g/mol. The molecule has 2 aromatic rings. The number of aromatic nitrogens is 2. The molecule has 0 aliphatic heterocycles. The Morgan fingerprint density at radius 1 is 1.19 bits per heavy atom. The Morgan fingerprint density at radius 3 is 2.76 bits per heavy atom. The van der Waals surface area contributed by atoms with Gasteiger partial charge in [0, 0.05) is 12.0 Å². The SMILES string of the molecule is Cc1cccc(-c2nnc(CCCNCC(C)C)s2)c1C. The zero-order valence-electron chi connectivity index (χ0n) is 13.4. The Kier molecular flexibility index (Phi) is 5.88. The van der Waals surface area contributed by atoms with Crippen molar-refractivity contribution in [3.8, 4) is 10.6 Å². The maximum Gasteiger partial charge on any atom is 0.148 e. The van der Waals surface area contributed by atoms with Crippen LogP contribution in [0, 0.1) is 19.8 Å². The van der Waals surface area contributed by atoms with Gasteiger partial charge in [0.1, 0.15) is 10.0 Å². The lowest BCUT2D eigenvalue weighted by Gasteiger charge is -2.05. The molecule has 0 atom stereocenters. The molecule has 0 amide bonds. The second-order valence-electron chi connectivity index (χ2n) is 5.95. The van der Waals surface area contributed by atoms with Gasteiger partial charge in [0.15, 0.2) is 0 Å². The highest BCUT2D eigenvalue weighted by molar-refractivity contribution is 7.14. The fourth-order valence-corrected chi connectivity index (χ4v) is 3.17. The average Bonchev–Trinajstić information content (AvgIpc) is 2.90. The number of nitrogens with one attached hydrogen (secondary N) is 1. The van der Waals surface area contributed by atoms with Crippen LogP contribution in [-0.4, -0.2) is 23.3 Å². The monoisotopic (exact) mass is 303 g/mol. The van der Waals surface area contributed by atoms with Gasteiger partial charge < -0.3 is 5.32 Å². The van der Waals surface area contributed by atoms with Crippen molar-refractivity contribution in [2.24, 2.45) is 5.92 Å². The summed E-state index contributed by atoms with van der Waals surface area (Å²) in [5.41, 5.74) is 3.83. The Labute approximate surface area is 131 Å². The Morgan fingerprint density at radius 2 is 2.00 bits per heavy atom. The Balaban J connectivity index is 1.91. The summed E-state index contributed by atoms with van der Waals surface area (Å²) in [5.74, 6) is 0.711. The lowest BCUT2D eigenvalue weighted by atomic mass is 10.0. The zero-order valence-corrected chi connectivity index (χ0v) is 14.3. The number of hydrogen-bond acceptors (Lipinski definition) is 4. The van der Waals surface area contributed by atoms with Crippen LogP contribution >= 0.6 is 11.3 Å². The van der Waals surface area contributed by atoms with Crippen molar-refractivity contribution in [1.82, 2.24) is 15.5 Å². The van der Waals surface area contributed by atoms with E-state index in [-0.39, 0.29) is 0 Å². The lowest BCUT2D eigenvalue weighted by Crippen LogP contribution is -2.21. The highest BCUT2D eigenvalue weighted by Crippen LogP contribution is 2.28. The van der Waals surface area contributed by atoms with Crippen LogP contribution in [0.3, 0.4) is 0 Å². The second kappa shape index (κ2) is 7.66. The third-order valence-electron chi connectivity index (χ3n) is 3.60. The first-order valence-electron chi connectivity index (χ1n) is 7.67. The van der Waals surface area contributed by atoms with Crippen molar-refractivity contribution in [2.45, 2.75) is 40.5 Å². The molecule has 1 aromatic carbocycles. The van der Waals surface area contributed by atoms with Gasteiger partial charge in [-0.15, -0.1) is 10.2 Å². The first kappa shape index (κ1) is 16.1. The molecule has 0 aliphatic rings. The predicted molar refractivity (Wildman–Crippen MR) is 90.8 cm³/mol. The van der Waals surface area contributed by atoms with Gasteiger partial charge >= 0.3 is 0 Å². The van der Waals surface area contributed by atoms with E-state index in [9.17, 15) is 0 Å². The van der Waals surface area contributed by atoms with Crippen LogP contribution in [-0.2, 0) is 6.42 Å². The smallest absolute Gasteiger partial charge is 0.148 e. The normalized spacial score (nSPS) is 11.3. The van der Waals surface area contributed by atoms with E-state index in [1.165, 1.54) is 16.7 Å². The van der Waals surface area contributed by atoms with Crippen molar-refractivity contribution < 1.29 is 0 Å². The molecule has 0 radical (unpaired) electrons. The summed E-state index contributed by atoms with van der Waals surface area (Å²) >= 11 is 1.72. The van der Waals surface area contributed by atoms with Gasteiger partial charge in [-0.05, 0) is 50.4 Å². The molecule has 2 rings (SSSR count). The standard InChI is InChI=1S/C17H25N3S/c1-12(2)11-18-10-6-9-16-19-20-17(21-16)15-8-5-7-13(3)14(15)4/h5,7-8,12,18H,6,9-11H2,1-4H3. The van der Waals surface area contributed by atoms with Crippen LogP contribution < -0.4 is 5.32 Å². The summed E-state index contributed by atoms with van der Waals surface area (Å²) in [4.78, 5) is 0. The first-order chi connectivity index (χ1) is 10.1. The van der Waals surface area contributed by atoms with Gasteiger partial charge in [-0.3, -0.25) is 0 Å². The van der Waals surface area contributed by atoms with Crippen molar-refractivity contribution in [3.63, 3.8) is 0 Å². The van der Waals surface area contributed by atoms with Crippen molar-refractivity contribution in [3.05, 3.63) is 34.3 Å². The van der Waals surface area contributed by atoms with Crippen LogP contribution in [0.15, 0.2) is 18.2 Å². The molecule has 114 valence electrons. The second-order valence-corrected chi connectivity index (χ2v) is 7.01. The topological polar surface area (TPSA) is 37.8 Å². The minimum Gasteiger partial charge on any atom is -0.316 e. The number of nitrogens with zero attached hydrogens (tertiary/aromatic N) is 2. The third kappa shape index (κ3) is 4.61. The molecule has 0 fully saturated rings. The first-order valence-corrected chi connectivity index (χ1v) is 8.49. The van der Waals surface area contributed by atoms with Crippen LogP contribution in [0.2, 0.25) is 0 Å². The fraction of sp³-hybridized carbons (Fsp3) is 0.529. The molecule has 21 heavy (non-hydrogen) atoms. The molecule has 0 saturated heterocycles. The largest absolute Gasteiger partial charge is 0.316 e. The number of benzene rings is 1. The molecule has 0 spiro atoms. The molecular formula is C17H25N3S. The van der Waals surface area contributed by atoms with Gasteiger partial charge in [-0.25, -0.2) is 0 Å². The molecule has 4 heteroatoms. The highest BCUT2D eigenvalue weighted by Gasteiger charge is 2.09. The van der Waals surface area contributed by atoms with Crippen LogP contribution in [0.1, 0.15) is 36.4 Å². The Bertz CT molecular complexity index is 575. The zero-order chi connectivity index (χ0) is 15.2. The van der Waals surface area contributed by atoms with E-state index in [0.29, 0.717) is 5.92 Å². The summed E-state index contributed by atoms with van der Waals surface area (Å²) in [6.07, 6.45) is 2.13. The van der Waals surface area contributed by atoms with E-state index in [2.05, 4.69) is 61.4 Å². The molecule has 0 bridgehead atoms. The summed E-state index contributed by atoms with van der Waals surface area (Å²) in [6, 6.07) is 6.37. The summed E-state index contributed by atoms with van der Waals surface area (Å²) in [5, 5.41) is 14.3. The number of hydrogen-bond donors (Lipinski definition) is 1. The van der Waals surface area contributed by atoms with Crippen LogP contribution in [0.5, 0.6) is 0 Å². The van der Waals surface area contributed by atoms with Gasteiger partial charge in [0.2, 0.25) is 0 Å². The number of aryl methyl sites for hydroxylation is 2. The average molecular weight is 303 g/mol. The summed E-state index contributed by atoms with van der Waals surface area (Å²) < 4.78 is 0. The van der Waals surface area contributed by atoms with E-state index in [4.69, 9.17) is 0 Å². The molecule has 1 heterocycles. The van der Waals surface area contributed by atoms with Gasteiger partial charge in [-0.1, -0.05) is 43.4 Å². The van der Waals surface area contributed by atoms with E-state index in [0.717, 1.165) is 35.9 Å². The fourth-order valence-electron chi connectivity index (χ4n) is 2.20. The van der Waals surface area contributed by atoms with Crippen LogP contribution in [0.25, 0.3) is 10.6 Å². The van der Waals surface area contributed by atoms with Crippen molar-refractivity contribution in [1.29, 1.82) is 0 Å².